The van der Waals surface area contributed by atoms with Gasteiger partial charge in [0.15, 0.2) is 11.6 Å². The number of nitrogens with one attached hydrogen (secondary N) is 2. The first-order chi connectivity index (χ1) is 16.5. The number of H-pyrrole nitrogens is 1. The Balaban J connectivity index is 1.86. The van der Waals surface area contributed by atoms with Crippen LogP contribution >= 0.6 is 0 Å². The Kier molecular flexibility index (Phi) is 6.05. The van der Waals surface area contributed by atoms with Crippen LogP contribution < -0.4 is 20.5 Å². The second-order valence-corrected chi connectivity index (χ2v) is 7.79. The number of nitrogens with zero attached hydrogens (tertiary/aromatic N) is 2. The number of pyridine rings is 2. The van der Waals surface area contributed by atoms with Crippen LogP contribution in [0.5, 0.6) is 5.75 Å². The lowest BCUT2D eigenvalue weighted by atomic mass is 9.79. The number of benzene rings is 1. The van der Waals surface area contributed by atoms with Crippen LogP contribution in [-0.4, -0.2) is 34.7 Å². The van der Waals surface area contributed by atoms with E-state index in [0.29, 0.717) is 5.69 Å². The summed E-state index contributed by atoms with van der Waals surface area (Å²) in [6.45, 7) is 1.45. The fourth-order valence-electron chi connectivity index (χ4n) is 4.06. The molecule has 1 aliphatic heterocycles. The minimum Gasteiger partial charge on any atom is -0.403 e. The number of anilines is 1. The van der Waals surface area contributed by atoms with Crippen molar-refractivity contribution in [1.82, 2.24) is 15.3 Å². The summed E-state index contributed by atoms with van der Waals surface area (Å²) in [5, 5.41) is 2.80. The van der Waals surface area contributed by atoms with Gasteiger partial charge in [0.05, 0.1) is 16.9 Å². The van der Waals surface area contributed by atoms with Crippen molar-refractivity contribution in [2.24, 2.45) is 0 Å². The lowest BCUT2D eigenvalue weighted by Crippen LogP contribution is -2.53. The molecule has 2 amide bonds. The first kappa shape index (κ1) is 23.9. The Bertz CT molecular complexity index is 1340. The highest BCUT2D eigenvalue weighted by Crippen LogP contribution is 2.43. The first-order valence-corrected chi connectivity index (χ1v) is 10.3. The maximum absolute atomic E-state index is 14.7. The maximum Gasteiger partial charge on any atom is 0.573 e. The molecule has 2 N–H and O–H groups in total. The summed E-state index contributed by atoms with van der Waals surface area (Å²) in [6.07, 6.45) is -2.46. The van der Waals surface area contributed by atoms with E-state index in [-0.39, 0.29) is 35.7 Å². The Morgan fingerprint density at radius 2 is 1.97 bits per heavy atom. The molecule has 8 nitrogen and oxygen atoms in total. The van der Waals surface area contributed by atoms with Gasteiger partial charge < -0.3 is 19.9 Å². The molecule has 35 heavy (non-hydrogen) atoms. The average molecular weight is 490 g/mol. The van der Waals surface area contributed by atoms with Gasteiger partial charge in [0.2, 0.25) is 11.5 Å². The van der Waals surface area contributed by atoms with Crippen LogP contribution in [-0.2, 0) is 10.3 Å². The predicted octanol–water partition coefficient (Wildman–Crippen LogP) is 3.24. The van der Waals surface area contributed by atoms with E-state index in [2.05, 4.69) is 20.0 Å². The highest BCUT2D eigenvalue weighted by Gasteiger charge is 2.45. The van der Waals surface area contributed by atoms with Crippen molar-refractivity contribution >= 4 is 17.5 Å². The van der Waals surface area contributed by atoms with Gasteiger partial charge in [0, 0.05) is 31.9 Å². The summed E-state index contributed by atoms with van der Waals surface area (Å²) < 4.78 is 56.4. The second kappa shape index (κ2) is 8.85. The van der Waals surface area contributed by atoms with E-state index in [0.717, 1.165) is 18.2 Å². The molecule has 0 saturated heterocycles. The van der Waals surface area contributed by atoms with E-state index in [1.165, 1.54) is 36.4 Å². The molecule has 0 fully saturated rings. The minimum atomic E-state index is -5.10. The highest BCUT2D eigenvalue weighted by atomic mass is 19.4. The SMILES string of the molecule is CC(=O)N1CC[C@](NC(=O)c2ccc(=O)[nH]c2)(c2ccc(OC(F)(F)F)c(F)c2)c2ncccc21. The molecule has 0 unspecified atom stereocenters. The van der Waals surface area contributed by atoms with E-state index >= 15 is 0 Å². The van der Waals surface area contributed by atoms with Crippen LogP contribution in [0.25, 0.3) is 0 Å². The molecule has 2 aromatic heterocycles. The maximum atomic E-state index is 14.7. The standard InChI is InChI=1S/C23H18F4N4O4/c1-13(32)31-10-8-22(20-17(31)3-2-9-28-20,30-21(34)14-4-7-19(33)29-12-14)15-5-6-18(16(24)11-15)35-23(25,26)27/h2-7,9,11-12H,8,10H2,1H3,(H,29,33)(H,30,34)/t22-/m0/s1. The Hall–Kier alpha value is -4.22. The van der Waals surface area contributed by atoms with E-state index in [9.17, 15) is 31.9 Å². The summed E-state index contributed by atoms with van der Waals surface area (Å²) in [5.74, 6) is -3.29. The number of carbonyl (C=O) groups excluding carboxylic acids is 2. The van der Waals surface area contributed by atoms with Crippen LogP contribution in [0, 0.1) is 5.82 Å². The zero-order valence-corrected chi connectivity index (χ0v) is 18.1. The third-order valence-electron chi connectivity index (χ3n) is 5.60. The molecule has 1 atom stereocenters. The lowest BCUT2D eigenvalue weighted by Gasteiger charge is -2.43. The number of aromatic nitrogens is 2. The fourth-order valence-corrected chi connectivity index (χ4v) is 4.06. The molecule has 12 heteroatoms. The van der Waals surface area contributed by atoms with Gasteiger partial charge in [-0.05, 0) is 42.3 Å². The third-order valence-corrected chi connectivity index (χ3v) is 5.60. The lowest BCUT2D eigenvalue weighted by molar-refractivity contribution is -0.275. The van der Waals surface area contributed by atoms with Crippen molar-refractivity contribution in [1.29, 1.82) is 0 Å². The molecule has 1 aliphatic rings. The number of halogens is 4. The number of carbonyl (C=O) groups is 2. The number of hydrogen-bond donors (Lipinski definition) is 2. The molecule has 4 rings (SSSR count). The van der Waals surface area contributed by atoms with Crippen LogP contribution in [0.2, 0.25) is 0 Å². The largest absolute Gasteiger partial charge is 0.573 e. The molecule has 0 radical (unpaired) electrons. The second-order valence-electron chi connectivity index (χ2n) is 7.79. The van der Waals surface area contributed by atoms with Crippen molar-refractivity contribution in [3.8, 4) is 5.75 Å². The van der Waals surface area contributed by atoms with Crippen molar-refractivity contribution < 1.29 is 31.9 Å². The quantitative estimate of drug-likeness (QED) is 0.547. The summed E-state index contributed by atoms with van der Waals surface area (Å²) >= 11 is 0. The van der Waals surface area contributed by atoms with Crippen molar-refractivity contribution in [3.05, 3.63) is 87.9 Å². The molecule has 3 aromatic rings. The van der Waals surface area contributed by atoms with Crippen molar-refractivity contribution in [2.75, 3.05) is 11.4 Å². The Morgan fingerprint density at radius 1 is 1.20 bits per heavy atom. The van der Waals surface area contributed by atoms with Crippen molar-refractivity contribution in [2.45, 2.75) is 25.2 Å². The van der Waals surface area contributed by atoms with Crippen molar-refractivity contribution in [3.63, 3.8) is 0 Å². The average Bonchev–Trinajstić information content (AvgIpc) is 2.80. The van der Waals surface area contributed by atoms with Gasteiger partial charge in [-0.25, -0.2) is 4.39 Å². The molecule has 0 aliphatic carbocycles. The topological polar surface area (TPSA) is 104 Å². The first-order valence-electron chi connectivity index (χ1n) is 10.3. The van der Waals surface area contributed by atoms with Crippen LogP contribution in [0.15, 0.2) is 59.7 Å². The fraction of sp³-hybridized carbons (Fsp3) is 0.217. The number of fused-ring (bicyclic) bond motifs is 1. The summed E-state index contributed by atoms with van der Waals surface area (Å²) in [6, 6.07) is 8.44. The third kappa shape index (κ3) is 4.72. The molecule has 0 spiro atoms. The molecule has 0 bridgehead atoms. The predicted molar refractivity (Wildman–Crippen MR) is 115 cm³/mol. The van der Waals surface area contributed by atoms with Gasteiger partial charge >= 0.3 is 6.36 Å². The molecule has 3 heterocycles. The molecule has 182 valence electrons. The van der Waals surface area contributed by atoms with Gasteiger partial charge in [0.25, 0.3) is 5.91 Å². The number of alkyl halides is 3. The normalized spacial score (nSPS) is 17.5. The van der Waals surface area contributed by atoms with Crippen LogP contribution in [0.1, 0.15) is 35.0 Å². The number of aromatic amines is 1. The monoisotopic (exact) mass is 490 g/mol. The van der Waals surface area contributed by atoms with E-state index in [1.807, 2.05) is 0 Å². The number of rotatable bonds is 4. The summed E-state index contributed by atoms with van der Waals surface area (Å²) in [7, 11) is 0. The van der Waals surface area contributed by atoms with Gasteiger partial charge in [-0.15, -0.1) is 13.2 Å². The smallest absolute Gasteiger partial charge is 0.403 e. The Morgan fingerprint density at radius 3 is 2.60 bits per heavy atom. The zero-order valence-electron chi connectivity index (χ0n) is 18.1. The minimum absolute atomic E-state index is 0.0323. The Labute approximate surface area is 195 Å². The number of amides is 2. The van der Waals surface area contributed by atoms with Gasteiger partial charge in [-0.2, -0.15) is 0 Å². The van der Waals surface area contributed by atoms with Gasteiger partial charge in [-0.3, -0.25) is 19.4 Å². The summed E-state index contributed by atoms with van der Waals surface area (Å²) in [5.41, 5.74) is -1.24. The van der Waals surface area contributed by atoms with Crippen LogP contribution in [0.4, 0.5) is 23.2 Å². The van der Waals surface area contributed by atoms with E-state index in [1.54, 1.807) is 12.1 Å². The van der Waals surface area contributed by atoms with E-state index < -0.39 is 34.9 Å². The summed E-state index contributed by atoms with van der Waals surface area (Å²) in [4.78, 5) is 44.9. The van der Waals surface area contributed by atoms with Gasteiger partial charge in [-0.1, -0.05) is 6.07 Å². The van der Waals surface area contributed by atoms with Gasteiger partial charge in [0.1, 0.15) is 5.54 Å². The van der Waals surface area contributed by atoms with E-state index in [4.69, 9.17) is 0 Å². The molecule has 1 aromatic carbocycles. The molecular weight excluding hydrogens is 472 g/mol. The zero-order chi connectivity index (χ0) is 25.4. The highest BCUT2D eigenvalue weighted by molar-refractivity contribution is 5.96. The number of ether oxygens (including phenoxy) is 1. The van der Waals surface area contributed by atoms with Crippen LogP contribution in [0.3, 0.4) is 0 Å². The number of hydrogen-bond acceptors (Lipinski definition) is 5. The molecular formula is C23H18F4N4O4. The molecule has 0 saturated carbocycles.